The molecule has 1 unspecified atom stereocenters. The average molecular weight is 480 g/mol. The summed E-state index contributed by atoms with van der Waals surface area (Å²) in [5.41, 5.74) is 2.08. The minimum atomic E-state index is -0.332. The molecule has 0 amide bonds. The summed E-state index contributed by atoms with van der Waals surface area (Å²) in [5, 5.41) is -0.332. The van der Waals surface area contributed by atoms with E-state index < -0.39 is 0 Å². The summed E-state index contributed by atoms with van der Waals surface area (Å²) in [7, 11) is 0. The van der Waals surface area contributed by atoms with Crippen LogP contribution in [0.25, 0.3) is 16.7 Å². The summed E-state index contributed by atoms with van der Waals surface area (Å²) in [6, 6.07) is 10.8. The van der Waals surface area contributed by atoms with Crippen LogP contribution in [0.5, 0.6) is 0 Å². The summed E-state index contributed by atoms with van der Waals surface area (Å²) < 4.78 is 17.9. The van der Waals surface area contributed by atoms with Crippen molar-refractivity contribution in [3.8, 4) is 5.69 Å². The Balaban J connectivity index is 2.42. The number of rotatable bonds is 2. The predicted molar refractivity (Wildman–Crippen MR) is 95.7 cm³/mol. The second-order valence-electron chi connectivity index (χ2n) is 4.62. The molecular formula is C15H10BrClFIN2. The molecule has 2 nitrogen and oxygen atoms in total. The van der Waals surface area contributed by atoms with E-state index >= 15 is 0 Å². The van der Waals surface area contributed by atoms with Crippen molar-refractivity contribution >= 4 is 61.2 Å². The van der Waals surface area contributed by atoms with E-state index in [1.54, 1.807) is 16.7 Å². The van der Waals surface area contributed by atoms with Crippen LogP contribution in [-0.4, -0.2) is 9.55 Å². The lowest BCUT2D eigenvalue weighted by Gasteiger charge is -2.13. The van der Waals surface area contributed by atoms with Gasteiger partial charge in [-0.2, -0.15) is 0 Å². The summed E-state index contributed by atoms with van der Waals surface area (Å²) >= 11 is 11.9. The van der Waals surface area contributed by atoms with Crippen LogP contribution >= 0.6 is 50.1 Å². The topological polar surface area (TPSA) is 17.8 Å². The maximum Gasteiger partial charge on any atom is 0.148 e. The number of fused-ring (bicyclic) bond motifs is 1. The van der Waals surface area contributed by atoms with E-state index in [0.717, 1.165) is 14.6 Å². The molecule has 1 atom stereocenters. The van der Waals surface area contributed by atoms with E-state index in [2.05, 4.69) is 43.5 Å². The highest BCUT2D eigenvalue weighted by molar-refractivity contribution is 14.1. The minimum Gasteiger partial charge on any atom is -0.291 e. The zero-order valence-corrected chi connectivity index (χ0v) is 15.4. The Labute approximate surface area is 148 Å². The van der Waals surface area contributed by atoms with Crippen LogP contribution in [0.15, 0.2) is 40.9 Å². The lowest BCUT2D eigenvalue weighted by atomic mass is 10.2. The third-order valence-corrected chi connectivity index (χ3v) is 4.67. The lowest BCUT2D eigenvalue weighted by molar-refractivity contribution is 0.615. The summed E-state index contributed by atoms with van der Waals surface area (Å²) in [4.78, 5) is 4.57. The number of halogens is 4. The average Bonchev–Trinajstić information content (AvgIpc) is 2.77. The number of hydrogen-bond donors (Lipinski definition) is 0. The summed E-state index contributed by atoms with van der Waals surface area (Å²) in [6.07, 6.45) is 0. The number of benzene rings is 2. The van der Waals surface area contributed by atoms with Gasteiger partial charge in [0, 0.05) is 8.04 Å². The van der Waals surface area contributed by atoms with Gasteiger partial charge in [0.15, 0.2) is 0 Å². The Kier molecular flexibility index (Phi) is 4.25. The third-order valence-electron chi connectivity index (χ3n) is 3.16. The van der Waals surface area contributed by atoms with Crippen LogP contribution in [0.4, 0.5) is 4.39 Å². The Hall–Kier alpha value is -0.660. The first kappa shape index (κ1) is 15.2. The molecule has 0 saturated heterocycles. The zero-order valence-electron chi connectivity index (χ0n) is 10.9. The fourth-order valence-corrected chi connectivity index (χ4v) is 3.42. The van der Waals surface area contributed by atoms with Gasteiger partial charge < -0.3 is 0 Å². The Morgan fingerprint density at radius 3 is 2.76 bits per heavy atom. The Bertz CT molecular complexity index is 812. The molecule has 1 heterocycles. The van der Waals surface area contributed by atoms with E-state index in [0.29, 0.717) is 16.0 Å². The van der Waals surface area contributed by atoms with Crippen molar-refractivity contribution in [1.82, 2.24) is 9.55 Å². The smallest absolute Gasteiger partial charge is 0.148 e. The molecule has 0 aliphatic carbocycles. The molecule has 0 N–H and O–H groups in total. The molecule has 2 aromatic carbocycles. The molecular weight excluding hydrogens is 469 g/mol. The summed E-state index contributed by atoms with van der Waals surface area (Å²) in [6.45, 7) is 1.83. The van der Waals surface area contributed by atoms with Gasteiger partial charge >= 0.3 is 0 Å². The van der Waals surface area contributed by atoms with Crippen molar-refractivity contribution in [1.29, 1.82) is 0 Å². The predicted octanol–water partition coefficient (Wildman–Crippen LogP) is 5.83. The van der Waals surface area contributed by atoms with Crippen molar-refractivity contribution in [2.45, 2.75) is 12.3 Å². The number of imidazole rings is 1. The van der Waals surface area contributed by atoms with Crippen molar-refractivity contribution in [3.05, 3.63) is 56.1 Å². The minimum absolute atomic E-state index is 0.319. The number of alkyl halides is 1. The van der Waals surface area contributed by atoms with Gasteiger partial charge in [-0.15, -0.1) is 11.6 Å². The van der Waals surface area contributed by atoms with Gasteiger partial charge in [-0.3, -0.25) is 4.57 Å². The van der Waals surface area contributed by atoms with E-state index in [9.17, 15) is 4.39 Å². The normalized spacial score (nSPS) is 12.8. The number of aromatic nitrogens is 2. The molecule has 0 fully saturated rings. The van der Waals surface area contributed by atoms with Crippen LogP contribution in [-0.2, 0) is 0 Å². The van der Waals surface area contributed by atoms with Crippen molar-refractivity contribution in [3.63, 3.8) is 0 Å². The van der Waals surface area contributed by atoms with Gasteiger partial charge in [0.1, 0.15) is 11.6 Å². The molecule has 3 aromatic rings. The van der Waals surface area contributed by atoms with Gasteiger partial charge in [-0.05, 0) is 75.8 Å². The first-order valence-electron chi connectivity index (χ1n) is 6.25. The highest BCUT2D eigenvalue weighted by Crippen LogP contribution is 2.33. The highest BCUT2D eigenvalue weighted by atomic mass is 127. The van der Waals surface area contributed by atoms with Crippen LogP contribution in [0, 0.1) is 9.39 Å². The molecule has 0 spiro atoms. The Morgan fingerprint density at radius 1 is 1.33 bits per heavy atom. The fourth-order valence-electron chi connectivity index (χ4n) is 2.28. The standard InChI is InChI=1S/C15H10BrClFIN2/c1-8(17)15-20-12-7-9(19)5-6-13(12)21(15)14-10(16)3-2-4-11(14)18/h2-8H,1H3. The van der Waals surface area contributed by atoms with Gasteiger partial charge in [0.25, 0.3) is 0 Å². The van der Waals surface area contributed by atoms with E-state index in [4.69, 9.17) is 11.6 Å². The monoisotopic (exact) mass is 478 g/mol. The van der Waals surface area contributed by atoms with E-state index in [-0.39, 0.29) is 11.2 Å². The second kappa shape index (κ2) is 5.85. The molecule has 0 radical (unpaired) electrons. The molecule has 6 heteroatoms. The second-order valence-corrected chi connectivity index (χ2v) is 7.38. The fraction of sp³-hybridized carbons (Fsp3) is 0.133. The van der Waals surface area contributed by atoms with E-state index in [1.165, 1.54) is 6.07 Å². The quantitative estimate of drug-likeness (QED) is 0.334. The van der Waals surface area contributed by atoms with Crippen molar-refractivity contribution < 1.29 is 4.39 Å². The van der Waals surface area contributed by atoms with Crippen molar-refractivity contribution in [2.24, 2.45) is 0 Å². The molecule has 108 valence electrons. The first-order valence-corrected chi connectivity index (χ1v) is 8.56. The third kappa shape index (κ3) is 2.71. The molecule has 21 heavy (non-hydrogen) atoms. The van der Waals surface area contributed by atoms with Crippen LogP contribution in [0.2, 0.25) is 0 Å². The maximum atomic E-state index is 14.3. The molecule has 1 aromatic heterocycles. The van der Waals surface area contributed by atoms with Crippen LogP contribution in [0.3, 0.4) is 0 Å². The molecule has 0 bridgehead atoms. The first-order chi connectivity index (χ1) is 9.99. The SMILES string of the molecule is CC(Cl)c1nc2cc(I)ccc2n1-c1c(F)cccc1Br. The maximum absolute atomic E-state index is 14.3. The number of hydrogen-bond acceptors (Lipinski definition) is 1. The Morgan fingerprint density at radius 2 is 2.10 bits per heavy atom. The lowest BCUT2D eigenvalue weighted by Crippen LogP contribution is -2.05. The molecule has 3 rings (SSSR count). The van der Waals surface area contributed by atoms with Gasteiger partial charge in [-0.25, -0.2) is 9.37 Å². The van der Waals surface area contributed by atoms with Gasteiger partial charge in [0.2, 0.25) is 0 Å². The van der Waals surface area contributed by atoms with Crippen LogP contribution < -0.4 is 0 Å². The summed E-state index contributed by atoms with van der Waals surface area (Å²) in [5.74, 6) is 0.306. The largest absolute Gasteiger partial charge is 0.291 e. The molecule has 0 aliphatic rings. The highest BCUT2D eigenvalue weighted by Gasteiger charge is 2.20. The number of para-hydroxylation sites is 1. The number of nitrogens with zero attached hydrogens (tertiary/aromatic N) is 2. The van der Waals surface area contributed by atoms with E-state index in [1.807, 2.05) is 25.1 Å². The zero-order chi connectivity index (χ0) is 15.1. The van der Waals surface area contributed by atoms with Gasteiger partial charge in [-0.1, -0.05) is 6.07 Å². The van der Waals surface area contributed by atoms with Crippen LogP contribution in [0.1, 0.15) is 18.1 Å². The molecule has 0 aliphatic heterocycles. The van der Waals surface area contributed by atoms with Crippen molar-refractivity contribution in [2.75, 3.05) is 0 Å². The van der Waals surface area contributed by atoms with Gasteiger partial charge in [0.05, 0.1) is 22.1 Å². The molecule has 0 saturated carbocycles.